The molecule has 0 aliphatic carbocycles. The topological polar surface area (TPSA) is 30.5 Å². The smallest absolute Gasteiger partial charge is 0.184 e. The van der Waals surface area contributed by atoms with Crippen molar-refractivity contribution in [1.82, 2.24) is 5.32 Å². The van der Waals surface area contributed by atoms with Crippen LogP contribution in [0.1, 0.15) is 0 Å². The van der Waals surface area contributed by atoms with Crippen LogP contribution in [-0.2, 0) is 0 Å². The lowest BCUT2D eigenvalue weighted by Crippen LogP contribution is -2.39. The average Bonchev–Trinajstić information content (AvgIpc) is 2.17. The minimum Gasteiger partial charge on any atom is -0.484 e. The summed E-state index contributed by atoms with van der Waals surface area (Å²) in [4.78, 5) is 0. The summed E-state index contributed by atoms with van der Waals surface area (Å²) in [6, 6.07) is 7.67. The van der Waals surface area contributed by atoms with Crippen LogP contribution in [0.3, 0.4) is 0 Å². The Bertz CT molecular complexity index is 275. The quantitative estimate of drug-likeness (QED) is 0.673. The molecule has 1 aromatic rings. The third kappa shape index (κ3) is 1.23. The first kappa shape index (κ1) is 7.43. The number of nitrogens with one attached hydrogen (secondary N) is 1. The molecule has 1 N–H and O–H groups in total. The van der Waals surface area contributed by atoms with Crippen LogP contribution in [0.15, 0.2) is 24.3 Å². The average molecular weight is 165 g/mol. The molecular formula is C9H11NO2. The maximum atomic E-state index is 5.54. The SMILES string of the molecule is CNC1COc2ccccc2O1. The third-order valence-electron chi connectivity index (χ3n) is 1.83. The van der Waals surface area contributed by atoms with Gasteiger partial charge in [0.05, 0.1) is 0 Å². The van der Waals surface area contributed by atoms with Crippen LogP contribution < -0.4 is 14.8 Å². The minimum absolute atomic E-state index is 0.0279. The predicted molar refractivity (Wildman–Crippen MR) is 45.4 cm³/mol. The molecule has 12 heavy (non-hydrogen) atoms. The molecule has 0 spiro atoms. The Morgan fingerprint density at radius 3 is 2.83 bits per heavy atom. The van der Waals surface area contributed by atoms with Gasteiger partial charge in [-0.15, -0.1) is 0 Å². The van der Waals surface area contributed by atoms with Gasteiger partial charge in [-0.05, 0) is 19.2 Å². The molecule has 1 aliphatic heterocycles. The van der Waals surface area contributed by atoms with E-state index in [9.17, 15) is 0 Å². The Kier molecular flexibility index (Phi) is 1.87. The molecule has 1 aromatic carbocycles. The fraction of sp³-hybridized carbons (Fsp3) is 0.333. The number of hydrogen-bond donors (Lipinski definition) is 1. The molecule has 0 saturated heterocycles. The fourth-order valence-electron chi connectivity index (χ4n) is 1.16. The van der Waals surface area contributed by atoms with E-state index in [-0.39, 0.29) is 6.23 Å². The van der Waals surface area contributed by atoms with E-state index in [1.54, 1.807) is 0 Å². The van der Waals surface area contributed by atoms with Crippen molar-refractivity contribution in [2.24, 2.45) is 0 Å². The summed E-state index contributed by atoms with van der Waals surface area (Å²) >= 11 is 0. The van der Waals surface area contributed by atoms with Gasteiger partial charge in [0.1, 0.15) is 6.61 Å². The molecule has 3 heteroatoms. The van der Waals surface area contributed by atoms with Gasteiger partial charge in [-0.25, -0.2) is 0 Å². The maximum absolute atomic E-state index is 5.54. The van der Waals surface area contributed by atoms with Crippen molar-refractivity contribution >= 4 is 0 Å². The van der Waals surface area contributed by atoms with Gasteiger partial charge in [0, 0.05) is 0 Å². The van der Waals surface area contributed by atoms with E-state index in [0.717, 1.165) is 11.5 Å². The van der Waals surface area contributed by atoms with Gasteiger partial charge in [-0.2, -0.15) is 0 Å². The van der Waals surface area contributed by atoms with Gasteiger partial charge in [0.15, 0.2) is 17.7 Å². The van der Waals surface area contributed by atoms with Gasteiger partial charge in [0.2, 0.25) is 0 Å². The monoisotopic (exact) mass is 165 g/mol. The Labute approximate surface area is 71.3 Å². The van der Waals surface area contributed by atoms with Gasteiger partial charge in [-0.3, -0.25) is 5.32 Å². The lowest BCUT2D eigenvalue weighted by Gasteiger charge is -2.25. The Morgan fingerprint density at radius 1 is 1.33 bits per heavy atom. The minimum atomic E-state index is -0.0279. The molecule has 64 valence electrons. The van der Waals surface area contributed by atoms with Gasteiger partial charge >= 0.3 is 0 Å². The Morgan fingerprint density at radius 2 is 2.08 bits per heavy atom. The number of fused-ring (bicyclic) bond motifs is 1. The first-order chi connectivity index (χ1) is 5.90. The second kappa shape index (κ2) is 3.03. The first-order valence-electron chi connectivity index (χ1n) is 3.96. The van der Waals surface area contributed by atoms with Crippen molar-refractivity contribution in [3.05, 3.63) is 24.3 Å². The van der Waals surface area contributed by atoms with E-state index < -0.39 is 0 Å². The number of hydrogen-bond acceptors (Lipinski definition) is 3. The van der Waals surface area contributed by atoms with E-state index in [1.807, 2.05) is 31.3 Å². The molecular weight excluding hydrogens is 154 g/mol. The number of para-hydroxylation sites is 2. The molecule has 2 rings (SSSR count). The summed E-state index contributed by atoms with van der Waals surface area (Å²) in [7, 11) is 1.85. The summed E-state index contributed by atoms with van der Waals surface area (Å²) < 4.78 is 11.0. The predicted octanol–water partition coefficient (Wildman–Crippen LogP) is 1.00. The fourth-order valence-corrected chi connectivity index (χ4v) is 1.16. The van der Waals surface area contributed by atoms with E-state index in [4.69, 9.17) is 9.47 Å². The van der Waals surface area contributed by atoms with E-state index in [0.29, 0.717) is 6.61 Å². The largest absolute Gasteiger partial charge is 0.484 e. The second-order valence-corrected chi connectivity index (χ2v) is 2.65. The molecule has 1 unspecified atom stereocenters. The maximum Gasteiger partial charge on any atom is 0.184 e. The van der Waals surface area contributed by atoms with Crippen molar-refractivity contribution in [2.75, 3.05) is 13.7 Å². The van der Waals surface area contributed by atoms with Gasteiger partial charge in [-0.1, -0.05) is 12.1 Å². The highest BCUT2D eigenvalue weighted by atomic mass is 16.6. The molecule has 0 radical (unpaired) electrons. The highest BCUT2D eigenvalue weighted by Gasteiger charge is 2.17. The lowest BCUT2D eigenvalue weighted by molar-refractivity contribution is 0.0726. The zero-order valence-electron chi connectivity index (χ0n) is 6.91. The molecule has 0 aromatic heterocycles. The van der Waals surface area contributed by atoms with Crippen LogP contribution in [0.5, 0.6) is 11.5 Å². The highest BCUT2D eigenvalue weighted by molar-refractivity contribution is 5.40. The van der Waals surface area contributed by atoms with Crippen LogP contribution in [-0.4, -0.2) is 19.9 Å². The summed E-state index contributed by atoms with van der Waals surface area (Å²) in [6.45, 7) is 0.563. The molecule has 0 saturated carbocycles. The zero-order valence-corrected chi connectivity index (χ0v) is 6.91. The van der Waals surface area contributed by atoms with Crippen molar-refractivity contribution in [3.63, 3.8) is 0 Å². The zero-order chi connectivity index (χ0) is 8.39. The van der Waals surface area contributed by atoms with Crippen molar-refractivity contribution < 1.29 is 9.47 Å². The molecule has 1 aliphatic rings. The molecule has 0 amide bonds. The summed E-state index contributed by atoms with van der Waals surface area (Å²) in [5, 5.41) is 3.00. The molecule has 0 bridgehead atoms. The third-order valence-corrected chi connectivity index (χ3v) is 1.83. The normalized spacial score (nSPS) is 20.6. The second-order valence-electron chi connectivity index (χ2n) is 2.65. The van der Waals surface area contributed by atoms with Crippen LogP contribution in [0, 0.1) is 0 Å². The number of likely N-dealkylation sites (N-methyl/N-ethyl adjacent to an activating group) is 1. The van der Waals surface area contributed by atoms with E-state index in [1.165, 1.54) is 0 Å². The highest BCUT2D eigenvalue weighted by Crippen LogP contribution is 2.29. The summed E-state index contributed by atoms with van der Waals surface area (Å²) in [5.41, 5.74) is 0. The van der Waals surface area contributed by atoms with Gasteiger partial charge in [0.25, 0.3) is 0 Å². The first-order valence-corrected chi connectivity index (χ1v) is 3.96. The van der Waals surface area contributed by atoms with E-state index in [2.05, 4.69) is 5.32 Å². The van der Waals surface area contributed by atoms with Crippen molar-refractivity contribution in [2.45, 2.75) is 6.23 Å². The van der Waals surface area contributed by atoms with E-state index >= 15 is 0 Å². The van der Waals surface area contributed by atoms with Crippen LogP contribution in [0.25, 0.3) is 0 Å². The van der Waals surface area contributed by atoms with Crippen LogP contribution >= 0.6 is 0 Å². The number of ether oxygens (including phenoxy) is 2. The van der Waals surface area contributed by atoms with Crippen LogP contribution in [0.2, 0.25) is 0 Å². The van der Waals surface area contributed by atoms with Crippen molar-refractivity contribution in [1.29, 1.82) is 0 Å². The standard InChI is InChI=1S/C9H11NO2/c1-10-9-6-11-7-4-2-3-5-8(7)12-9/h2-5,9-10H,6H2,1H3. The van der Waals surface area contributed by atoms with Crippen LogP contribution in [0.4, 0.5) is 0 Å². The Hall–Kier alpha value is -1.22. The number of rotatable bonds is 1. The van der Waals surface area contributed by atoms with Crippen molar-refractivity contribution in [3.8, 4) is 11.5 Å². The summed E-state index contributed by atoms with van der Waals surface area (Å²) in [6.07, 6.45) is -0.0279. The Balaban J connectivity index is 2.23. The lowest BCUT2D eigenvalue weighted by atomic mass is 10.3. The summed E-state index contributed by atoms with van der Waals surface area (Å²) in [5.74, 6) is 1.63. The molecule has 3 nitrogen and oxygen atoms in total. The molecule has 0 fully saturated rings. The van der Waals surface area contributed by atoms with Gasteiger partial charge < -0.3 is 9.47 Å². The molecule has 1 heterocycles. The number of benzene rings is 1. The molecule has 1 atom stereocenters.